The number of alkyl halides is 3. The lowest BCUT2D eigenvalue weighted by molar-refractivity contribution is -0.0646. The zero-order valence-corrected chi connectivity index (χ0v) is 7.66. The molecular formula is C7H11F3OSi. The van der Waals surface area contributed by atoms with Crippen LogP contribution >= 0.6 is 0 Å². The van der Waals surface area contributed by atoms with Gasteiger partial charge in [-0.15, -0.1) is 0 Å². The minimum atomic E-state index is -4.14. The van der Waals surface area contributed by atoms with Crippen molar-refractivity contribution in [2.45, 2.75) is 44.0 Å². The Morgan fingerprint density at radius 1 is 1.08 bits per heavy atom. The lowest BCUT2D eigenvalue weighted by Crippen LogP contribution is -2.28. The van der Waals surface area contributed by atoms with Crippen LogP contribution in [0.1, 0.15) is 32.1 Å². The van der Waals surface area contributed by atoms with Crippen LogP contribution in [0.5, 0.6) is 0 Å². The molecule has 0 spiro atoms. The van der Waals surface area contributed by atoms with Gasteiger partial charge in [-0.1, -0.05) is 19.3 Å². The summed E-state index contributed by atoms with van der Waals surface area (Å²) in [7, 11) is -1.33. The molecule has 0 amide bonds. The van der Waals surface area contributed by atoms with E-state index in [1.54, 1.807) is 0 Å². The number of hydrogen-bond donors (Lipinski definition) is 0. The van der Waals surface area contributed by atoms with Crippen molar-refractivity contribution in [2.75, 3.05) is 0 Å². The molecular weight excluding hydrogens is 185 g/mol. The van der Waals surface area contributed by atoms with Crippen LogP contribution in [0.3, 0.4) is 0 Å². The zero-order chi connectivity index (χ0) is 9.03. The fraction of sp³-hybridized carbons (Fsp3) is 1.00. The summed E-state index contributed by atoms with van der Waals surface area (Å²) in [6.07, 6.45) is 4.60. The van der Waals surface area contributed by atoms with E-state index in [4.69, 9.17) is 4.43 Å². The molecule has 0 aromatic heterocycles. The lowest BCUT2D eigenvalue weighted by Gasteiger charge is -2.22. The second-order valence-corrected chi connectivity index (χ2v) is 3.98. The molecule has 0 unspecified atom stereocenters. The Morgan fingerprint density at radius 2 is 1.67 bits per heavy atom. The highest BCUT2D eigenvalue weighted by Gasteiger charge is 2.32. The van der Waals surface area contributed by atoms with E-state index in [0.717, 1.165) is 32.1 Å². The van der Waals surface area contributed by atoms with E-state index in [9.17, 15) is 13.2 Å². The second-order valence-electron chi connectivity index (χ2n) is 2.98. The molecule has 1 rings (SSSR count). The van der Waals surface area contributed by atoms with Crippen LogP contribution in [0.25, 0.3) is 0 Å². The van der Waals surface area contributed by atoms with Gasteiger partial charge in [0.05, 0.1) is 0 Å². The van der Waals surface area contributed by atoms with Crippen LogP contribution in [0, 0.1) is 0 Å². The second kappa shape index (κ2) is 4.27. The fourth-order valence-electron chi connectivity index (χ4n) is 1.33. The first kappa shape index (κ1) is 10.1. The Kier molecular flexibility index (Phi) is 3.58. The normalized spacial score (nSPS) is 21.2. The van der Waals surface area contributed by atoms with Gasteiger partial charge in [-0.05, 0) is 12.8 Å². The third-order valence-electron chi connectivity index (χ3n) is 1.89. The summed E-state index contributed by atoms with van der Waals surface area (Å²) in [5.74, 6) is -4.14. The number of rotatable bonds is 2. The van der Waals surface area contributed by atoms with E-state index in [-0.39, 0.29) is 6.10 Å². The van der Waals surface area contributed by atoms with Gasteiger partial charge in [-0.2, -0.15) is 13.2 Å². The van der Waals surface area contributed by atoms with Gasteiger partial charge in [0.1, 0.15) is 0 Å². The van der Waals surface area contributed by atoms with Crippen LogP contribution in [-0.4, -0.2) is 21.7 Å². The summed E-state index contributed by atoms with van der Waals surface area (Å²) < 4.78 is 39.8. The molecule has 0 heterocycles. The average Bonchev–Trinajstić information content (AvgIpc) is 2.02. The summed E-state index contributed by atoms with van der Waals surface area (Å²) in [5.41, 5.74) is 0. The Bertz CT molecular complexity index is 131. The molecule has 70 valence electrons. The summed E-state index contributed by atoms with van der Waals surface area (Å²) in [6.45, 7) is 0. The van der Waals surface area contributed by atoms with E-state index in [1.807, 2.05) is 0 Å². The van der Waals surface area contributed by atoms with E-state index in [0.29, 0.717) is 0 Å². The van der Waals surface area contributed by atoms with E-state index < -0.39 is 15.6 Å². The average molecular weight is 196 g/mol. The van der Waals surface area contributed by atoms with Crippen molar-refractivity contribution >= 4 is 9.76 Å². The summed E-state index contributed by atoms with van der Waals surface area (Å²) in [6, 6.07) is 0. The van der Waals surface area contributed by atoms with Crippen LogP contribution < -0.4 is 0 Å². The first-order valence-electron chi connectivity index (χ1n) is 4.07. The van der Waals surface area contributed by atoms with E-state index in [2.05, 4.69) is 0 Å². The van der Waals surface area contributed by atoms with Crippen molar-refractivity contribution in [1.29, 1.82) is 0 Å². The fourth-order valence-corrected chi connectivity index (χ4v) is 1.87. The third kappa shape index (κ3) is 4.11. The van der Waals surface area contributed by atoms with Gasteiger partial charge in [-0.25, -0.2) is 0 Å². The van der Waals surface area contributed by atoms with Crippen molar-refractivity contribution in [2.24, 2.45) is 0 Å². The maximum Gasteiger partial charge on any atom is 0.389 e. The molecule has 0 saturated heterocycles. The van der Waals surface area contributed by atoms with Gasteiger partial charge in [0.25, 0.3) is 0 Å². The highest BCUT2D eigenvalue weighted by Crippen LogP contribution is 2.22. The first-order chi connectivity index (χ1) is 5.58. The molecule has 1 fully saturated rings. The molecule has 0 atom stereocenters. The van der Waals surface area contributed by atoms with E-state index in [1.165, 1.54) is 0 Å². The largest absolute Gasteiger partial charge is 0.406 e. The molecule has 1 aliphatic carbocycles. The van der Waals surface area contributed by atoms with Crippen molar-refractivity contribution in [1.82, 2.24) is 0 Å². The van der Waals surface area contributed by atoms with Crippen LogP contribution in [0.15, 0.2) is 0 Å². The molecule has 0 N–H and O–H groups in total. The number of halogens is 3. The Balaban J connectivity index is 2.13. The topological polar surface area (TPSA) is 9.23 Å². The van der Waals surface area contributed by atoms with Gasteiger partial charge in [-0.3, -0.25) is 0 Å². The maximum atomic E-state index is 11.7. The highest BCUT2D eigenvalue weighted by atomic mass is 28.2. The molecule has 0 aromatic rings. The molecule has 1 nitrogen and oxygen atoms in total. The van der Waals surface area contributed by atoms with Gasteiger partial charge in [0.2, 0.25) is 0 Å². The Morgan fingerprint density at radius 3 is 2.17 bits per heavy atom. The van der Waals surface area contributed by atoms with Crippen LogP contribution in [-0.2, 0) is 4.43 Å². The van der Waals surface area contributed by atoms with Crippen LogP contribution in [0.4, 0.5) is 13.2 Å². The molecule has 0 aromatic carbocycles. The smallest absolute Gasteiger partial charge is 0.389 e. The lowest BCUT2D eigenvalue weighted by atomic mass is 9.98. The highest BCUT2D eigenvalue weighted by molar-refractivity contribution is 6.30. The minimum absolute atomic E-state index is 0.140. The molecule has 2 radical (unpaired) electrons. The zero-order valence-electron chi connectivity index (χ0n) is 6.66. The maximum absolute atomic E-state index is 11.7. The standard InChI is InChI=1S/C7H11F3OSi/c8-7(9,10)12-11-6-4-2-1-3-5-6/h6H,1-5H2. The summed E-state index contributed by atoms with van der Waals surface area (Å²) in [4.78, 5) is 0. The minimum Gasteiger partial charge on any atom is -0.406 e. The monoisotopic (exact) mass is 196 g/mol. The Labute approximate surface area is 72.2 Å². The van der Waals surface area contributed by atoms with Crippen molar-refractivity contribution in [3.8, 4) is 0 Å². The molecule has 0 aliphatic heterocycles. The summed E-state index contributed by atoms with van der Waals surface area (Å²) >= 11 is 0. The van der Waals surface area contributed by atoms with Crippen molar-refractivity contribution < 1.29 is 17.6 Å². The predicted molar refractivity (Wildman–Crippen MR) is 39.8 cm³/mol. The molecule has 1 saturated carbocycles. The van der Waals surface area contributed by atoms with Crippen molar-refractivity contribution in [3.05, 3.63) is 0 Å². The summed E-state index contributed by atoms with van der Waals surface area (Å²) in [5, 5.41) is 0. The quantitative estimate of drug-likeness (QED) is 0.616. The van der Waals surface area contributed by atoms with Gasteiger partial charge >= 0.3 is 15.6 Å². The van der Waals surface area contributed by atoms with E-state index >= 15 is 0 Å². The molecule has 0 bridgehead atoms. The first-order valence-corrected chi connectivity index (χ1v) is 4.98. The third-order valence-corrected chi connectivity index (χ3v) is 2.58. The van der Waals surface area contributed by atoms with Gasteiger partial charge in [0, 0.05) is 6.10 Å². The van der Waals surface area contributed by atoms with Crippen LogP contribution in [0.2, 0.25) is 0 Å². The van der Waals surface area contributed by atoms with Gasteiger partial charge in [0.15, 0.2) is 0 Å². The van der Waals surface area contributed by atoms with Crippen molar-refractivity contribution in [3.63, 3.8) is 0 Å². The predicted octanol–water partition coefficient (Wildman–Crippen LogP) is 2.47. The molecule has 1 aliphatic rings. The Hall–Kier alpha value is -0.0331. The molecule has 5 heteroatoms. The number of hydrogen-bond acceptors (Lipinski definition) is 1. The van der Waals surface area contributed by atoms with Gasteiger partial charge < -0.3 is 4.43 Å². The molecule has 12 heavy (non-hydrogen) atoms. The SMILES string of the molecule is FC(F)(F)[Si]OC1CCCCC1.